The van der Waals surface area contributed by atoms with Gasteiger partial charge in [0.05, 0.1) is 4.92 Å². The van der Waals surface area contributed by atoms with Crippen molar-refractivity contribution in [3.05, 3.63) is 39.7 Å². The van der Waals surface area contributed by atoms with Gasteiger partial charge < -0.3 is 5.32 Å². The maximum atomic E-state index is 13.6. The first kappa shape index (κ1) is 15.9. The van der Waals surface area contributed by atoms with Crippen LogP contribution >= 0.6 is 0 Å². The molecule has 2 rings (SSSR count). The number of halogens is 1. The van der Waals surface area contributed by atoms with Gasteiger partial charge in [0.15, 0.2) is 0 Å². The van der Waals surface area contributed by atoms with Crippen molar-refractivity contribution in [3.63, 3.8) is 0 Å². The quantitative estimate of drug-likeness (QED) is 0.632. The van der Waals surface area contributed by atoms with E-state index in [1.807, 2.05) is 0 Å². The molecule has 1 aliphatic carbocycles. The zero-order valence-corrected chi connectivity index (χ0v) is 12.5. The van der Waals surface area contributed by atoms with E-state index in [9.17, 15) is 14.5 Å². The highest BCUT2D eigenvalue weighted by Crippen LogP contribution is 2.28. The lowest BCUT2D eigenvalue weighted by molar-refractivity contribution is -0.387. The first-order valence-corrected chi connectivity index (χ1v) is 7.78. The summed E-state index contributed by atoms with van der Waals surface area (Å²) in [6, 6.07) is 4.58. The van der Waals surface area contributed by atoms with Crippen LogP contribution < -0.4 is 5.32 Å². The highest BCUT2D eigenvalue weighted by atomic mass is 19.1. The Morgan fingerprint density at radius 3 is 2.67 bits per heavy atom. The summed E-state index contributed by atoms with van der Waals surface area (Å²) in [5.74, 6) is -0.0586. The minimum Gasteiger partial charge on any atom is -0.310 e. The molecule has 0 aliphatic heterocycles. The summed E-state index contributed by atoms with van der Waals surface area (Å²) in [6.45, 7) is 2.73. The van der Waals surface area contributed by atoms with Gasteiger partial charge in [-0.1, -0.05) is 32.3 Å². The van der Waals surface area contributed by atoms with Crippen LogP contribution in [0.4, 0.5) is 10.1 Å². The molecule has 0 saturated heterocycles. The normalized spacial score (nSPS) is 17.6. The molecular formula is C16H23FN2O2. The van der Waals surface area contributed by atoms with Crippen LogP contribution in [-0.4, -0.2) is 11.0 Å². The Morgan fingerprint density at radius 2 is 2.10 bits per heavy atom. The predicted molar refractivity (Wildman–Crippen MR) is 80.5 cm³/mol. The van der Waals surface area contributed by atoms with Crippen LogP contribution in [0.2, 0.25) is 0 Å². The lowest BCUT2D eigenvalue weighted by Crippen LogP contribution is -2.36. The van der Waals surface area contributed by atoms with E-state index in [4.69, 9.17) is 0 Å². The number of benzene rings is 1. The Bertz CT molecular complexity index is 487. The van der Waals surface area contributed by atoms with Gasteiger partial charge in [-0.15, -0.1) is 0 Å². The first-order valence-electron chi connectivity index (χ1n) is 7.78. The Balaban J connectivity index is 1.94. The number of nitrogens with zero attached hydrogens (tertiary/aromatic N) is 1. The van der Waals surface area contributed by atoms with Crippen molar-refractivity contribution in [1.82, 2.24) is 5.32 Å². The number of rotatable bonds is 6. The third-order valence-electron chi connectivity index (χ3n) is 4.44. The SMILES string of the molecule is CCC(NCc1ccc([N+](=O)[O-])c(F)c1)C1CCCCC1. The molecule has 1 N–H and O–H groups in total. The van der Waals surface area contributed by atoms with Crippen molar-refractivity contribution < 1.29 is 9.31 Å². The van der Waals surface area contributed by atoms with Gasteiger partial charge in [-0.2, -0.15) is 4.39 Å². The van der Waals surface area contributed by atoms with Crippen LogP contribution in [0.25, 0.3) is 0 Å². The second kappa shape index (κ2) is 7.50. The fraction of sp³-hybridized carbons (Fsp3) is 0.625. The molecule has 0 amide bonds. The third kappa shape index (κ3) is 4.24. The van der Waals surface area contributed by atoms with E-state index in [0.29, 0.717) is 18.5 Å². The number of hydrogen-bond acceptors (Lipinski definition) is 3. The largest absolute Gasteiger partial charge is 0.310 e. The molecule has 0 heterocycles. The molecule has 1 unspecified atom stereocenters. The molecule has 0 radical (unpaired) electrons. The van der Waals surface area contributed by atoms with E-state index < -0.39 is 16.4 Å². The van der Waals surface area contributed by atoms with Crippen LogP contribution in [-0.2, 0) is 6.54 Å². The molecule has 1 aromatic rings. The van der Waals surface area contributed by atoms with Crippen molar-refractivity contribution in [2.24, 2.45) is 5.92 Å². The molecule has 1 atom stereocenters. The molecule has 21 heavy (non-hydrogen) atoms. The molecule has 0 bridgehead atoms. The van der Waals surface area contributed by atoms with Gasteiger partial charge in [-0.3, -0.25) is 10.1 Å². The van der Waals surface area contributed by atoms with Crippen LogP contribution in [0.1, 0.15) is 51.0 Å². The van der Waals surface area contributed by atoms with E-state index in [2.05, 4.69) is 12.2 Å². The van der Waals surface area contributed by atoms with Gasteiger partial charge in [0, 0.05) is 18.7 Å². The number of nitrogens with one attached hydrogen (secondary N) is 1. The Morgan fingerprint density at radius 1 is 1.38 bits per heavy atom. The van der Waals surface area contributed by atoms with Crippen LogP contribution in [0.3, 0.4) is 0 Å². The third-order valence-corrected chi connectivity index (χ3v) is 4.44. The predicted octanol–water partition coefficient (Wildman–Crippen LogP) is 4.18. The molecule has 0 aromatic heterocycles. The average Bonchev–Trinajstić information content (AvgIpc) is 2.48. The summed E-state index contributed by atoms with van der Waals surface area (Å²) in [7, 11) is 0. The van der Waals surface area contributed by atoms with Crippen LogP contribution in [0, 0.1) is 21.8 Å². The van der Waals surface area contributed by atoms with E-state index >= 15 is 0 Å². The zero-order chi connectivity index (χ0) is 15.2. The molecule has 1 aromatic carbocycles. The second-order valence-corrected chi connectivity index (χ2v) is 5.84. The standard InChI is InChI=1S/C16H23FN2O2/c1-2-15(13-6-4-3-5-7-13)18-11-12-8-9-16(19(20)21)14(17)10-12/h8-10,13,15,18H,2-7,11H2,1H3. The minimum absolute atomic E-state index is 0.448. The highest BCUT2D eigenvalue weighted by Gasteiger charge is 2.22. The van der Waals surface area contributed by atoms with E-state index in [1.54, 1.807) is 6.07 Å². The van der Waals surface area contributed by atoms with Gasteiger partial charge in [0.25, 0.3) is 0 Å². The summed E-state index contributed by atoms with van der Waals surface area (Å²) in [4.78, 5) is 9.91. The first-order chi connectivity index (χ1) is 10.1. The number of nitro benzene ring substituents is 1. The Kier molecular flexibility index (Phi) is 5.67. The molecule has 116 valence electrons. The molecule has 1 fully saturated rings. The van der Waals surface area contributed by atoms with Crippen LogP contribution in [0.5, 0.6) is 0 Å². The molecule has 4 nitrogen and oxygen atoms in total. The van der Waals surface area contributed by atoms with E-state index in [-0.39, 0.29) is 0 Å². The van der Waals surface area contributed by atoms with Crippen molar-refractivity contribution >= 4 is 5.69 Å². The number of nitro groups is 1. The van der Waals surface area contributed by atoms with E-state index in [0.717, 1.165) is 12.0 Å². The average molecular weight is 294 g/mol. The van der Waals surface area contributed by atoms with Crippen molar-refractivity contribution in [3.8, 4) is 0 Å². The van der Waals surface area contributed by atoms with E-state index in [1.165, 1.54) is 44.2 Å². The van der Waals surface area contributed by atoms with Gasteiger partial charge in [-0.25, -0.2) is 0 Å². The Hall–Kier alpha value is -1.49. The zero-order valence-electron chi connectivity index (χ0n) is 12.5. The maximum Gasteiger partial charge on any atom is 0.304 e. The summed E-state index contributed by atoms with van der Waals surface area (Å²) >= 11 is 0. The maximum absolute atomic E-state index is 13.6. The Labute approximate surface area is 124 Å². The highest BCUT2D eigenvalue weighted by molar-refractivity contribution is 5.34. The van der Waals surface area contributed by atoms with Crippen molar-refractivity contribution in [2.45, 2.75) is 58.0 Å². The second-order valence-electron chi connectivity index (χ2n) is 5.84. The van der Waals surface area contributed by atoms with Gasteiger partial charge in [0.2, 0.25) is 5.82 Å². The molecule has 5 heteroatoms. The molecule has 1 saturated carbocycles. The van der Waals surface area contributed by atoms with Gasteiger partial charge in [0.1, 0.15) is 0 Å². The monoisotopic (exact) mass is 294 g/mol. The summed E-state index contributed by atoms with van der Waals surface area (Å²) in [5, 5.41) is 14.1. The molecule has 0 spiro atoms. The molecule has 1 aliphatic rings. The lowest BCUT2D eigenvalue weighted by Gasteiger charge is -2.30. The minimum atomic E-state index is -0.759. The van der Waals surface area contributed by atoms with Crippen LogP contribution in [0.15, 0.2) is 18.2 Å². The topological polar surface area (TPSA) is 55.2 Å². The van der Waals surface area contributed by atoms with Crippen molar-refractivity contribution in [2.75, 3.05) is 0 Å². The molecular weight excluding hydrogens is 271 g/mol. The smallest absolute Gasteiger partial charge is 0.304 e. The summed E-state index contributed by atoms with van der Waals surface area (Å²) < 4.78 is 13.6. The van der Waals surface area contributed by atoms with Gasteiger partial charge in [-0.05, 0) is 36.8 Å². The lowest BCUT2D eigenvalue weighted by atomic mass is 9.83. The summed E-state index contributed by atoms with van der Waals surface area (Å²) in [6.07, 6.45) is 7.52. The number of hydrogen-bond donors (Lipinski definition) is 1. The van der Waals surface area contributed by atoms with Gasteiger partial charge >= 0.3 is 5.69 Å². The van der Waals surface area contributed by atoms with Crippen molar-refractivity contribution in [1.29, 1.82) is 0 Å². The fourth-order valence-corrected chi connectivity index (χ4v) is 3.24. The fourth-order valence-electron chi connectivity index (χ4n) is 3.24. The summed E-state index contributed by atoms with van der Waals surface area (Å²) in [5.41, 5.74) is 0.297.